The maximum Gasteiger partial charge on any atom is 0.280 e. The molecule has 7 heteroatoms. The van der Waals surface area contributed by atoms with Crippen LogP contribution in [-0.4, -0.2) is 30.2 Å². The Kier molecular flexibility index (Phi) is 4.04. The summed E-state index contributed by atoms with van der Waals surface area (Å²) in [5, 5.41) is 0. The second kappa shape index (κ2) is 6.13. The van der Waals surface area contributed by atoms with Crippen LogP contribution >= 0.6 is 0 Å². The normalized spacial score (nSPS) is 14.3. The molecule has 5 nitrogen and oxygen atoms in total. The van der Waals surface area contributed by atoms with E-state index in [4.69, 9.17) is 9.47 Å². The Morgan fingerprint density at radius 2 is 2.18 bits per heavy atom. The molecule has 0 unspecified atom stereocenters. The van der Waals surface area contributed by atoms with Crippen LogP contribution in [0.5, 0.6) is 11.5 Å². The molecule has 0 fully saturated rings. The second-order valence-corrected chi connectivity index (χ2v) is 4.83. The quantitative estimate of drug-likeness (QED) is 0.872. The zero-order chi connectivity index (χ0) is 15.5. The fourth-order valence-electron chi connectivity index (χ4n) is 2.28. The zero-order valence-electron chi connectivity index (χ0n) is 12.0. The average Bonchev–Trinajstić information content (AvgIpc) is 2.76. The van der Waals surface area contributed by atoms with E-state index in [0.29, 0.717) is 25.4 Å². The molecule has 3 rings (SSSR count). The van der Waals surface area contributed by atoms with Gasteiger partial charge in [-0.3, -0.25) is 0 Å². The predicted molar refractivity (Wildman–Crippen MR) is 76.5 cm³/mol. The van der Waals surface area contributed by atoms with Gasteiger partial charge in [-0.05, 0) is 18.2 Å². The van der Waals surface area contributed by atoms with Crippen LogP contribution in [0.25, 0.3) is 0 Å². The van der Waals surface area contributed by atoms with Gasteiger partial charge in [-0.2, -0.15) is 0 Å². The summed E-state index contributed by atoms with van der Waals surface area (Å²) in [5.41, 5.74) is 0.662. The third-order valence-electron chi connectivity index (χ3n) is 3.43. The molecule has 1 aliphatic rings. The van der Waals surface area contributed by atoms with Gasteiger partial charge in [0.05, 0.1) is 13.7 Å². The molecule has 0 radical (unpaired) electrons. The average molecular weight is 307 g/mol. The van der Waals surface area contributed by atoms with Gasteiger partial charge in [0.1, 0.15) is 23.8 Å². The molecule has 22 heavy (non-hydrogen) atoms. The van der Waals surface area contributed by atoms with E-state index in [2.05, 4.69) is 9.97 Å². The lowest BCUT2D eigenvalue weighted by atomic mass is 10.2. The van der Waals surface area contributed by atoms with E-state index >= 15 is 0 Å². The Hall–Kier alpha value is -2.44. The molecule has 2 heterocycles. The van der Waals surface area contributed by atoms with Crippen molar-refractivity contribution in [3.8, 4) is 11.5 Å². The van der Waals surface area contributed by atoms with Crippen LogP contribution in [0.4, 0.5) is 14.7 Å². The van der Waals surface area contributed by atoms with Gasteiger partial charge in [-0.15, -0.1) is 0 Å². The van der Waals surface area contributed by atoms with Crippen LogP contribution in [-0.2, 0) is 6.54 Å². The van der Waals surface area contributed by atoms with Gasteiger partial charge in [0.2, 0.25) is 5.95 Å². The summed E-state index contributed by atoms with van der Waals surface area (Å²) in [6.07, 6.45) is -1.26. The molecule has 1 aromatic heterocycles. The van der Waals surface area contributed by atoms with Gasteiger partial charge in [0.15, 0.2) is 0 Å². The third kappa shape index (κ3) is 2.93. The van der Waals surface area contributed by atoms with E-state index in [-0.39, 0.29) is 11.6 Å². The molecule has 0 amide bonds. The largest absolute Gasteiger partial charge is 0.497 e. The minimum absolute atomic E-state index is 0.273. The number of benzene rings is 1. The molecule has 0 bridgehead atoms. The lowest BCUT2D eigenvalue weighted by Crippen LogP contribution is -2.27. The van der Waals surface area contributed by atoms with Crippen molar-refractivity contribution in [3.63, 3.8) is 0 Å². The zero-order valence-corrected chi connectivity index (χ0v) is 12.0. The van der Waals surface area contributed by atoms with Crippen molar-refractivity contribution >= 4 is 5.95 Å². The number of hydrogen-bond acceptors (Lipinski definition) is 5. The first-order chi connectivity index (χ1) is 10.7. The molecule has 1 aliphatic heterocycles. The van der Waals surface area contributed by atoms with E-state index < -0.39 is 6.43 Å². The van der Waals surface area contributed by atoms with Gasteiger partial charge in [-0.25, -0.2) is 18.7 Å². The Morgan fingerprint density at radius 1 is 1.32 bits per heavy atom. The summed E-state index contributed by atoms with van der Waals surface area (Å²) in [5.74, 6) is 1.72. The Bertz CT molecular complexity index is 667. The first-order valence-electron chi connectivity index (χ1n) is 6.83. The lowest BCUT2D eigenvalue weighted by Gasteiger charge is -2.20. The Morgan fingerprint density at radius 3 is 2.95 bits per heavy atom. The molecule has 0 saturated carbocycles. The van der Waals surface area contributed by atoms with Crippen LogP contribution in [0, 0.1) is 0 Å². The number of nitrogens with zero attached hydrogens (tertiary/aromatic N) is 3. The van der Waals surface area contributed by atoms with Crippen molar-refractivity contribution in [1.29, 1.82) is 0 Å². The molecule has 116 valence electrons. The summed E-state index contributed by atoms with van der Waals surface area (Å²) < 4.78 is 36.4. The minimum Gasteiger partial charge on any atom is -0.497 e. The maximum atomic E-state index is 12.8. The highest BCUT2D eigenvalue weighted by Crippen LogP contribution is 2.29. The van der Waals surface area contributed by atoms with Gasteiger partial charge >= 0.3 is 0 Å². The van der Waals surface area contributed by atoms with Crippen molar-refractivity contribution in [2.45, 2.75) is 13.0 Å². The molecule has 0 atom stereocenters. The number of alkyl halides is 2. The summed E-state index contributed by atoms with van der Waals surface area (Å²) in [4.78, 5) is 9.85. The van der Waals surface area contributed by atoms with Gasteiger partial charge < -0.3 is 14.4 Å². The lowest BCUT2D eigenvalue weighted by molar-refractivity contribution is 0.146. The number of hydrogen-bond donors (Lipinski definition) is 0. The van der Waals surface area contributed by atoms with Crippen LogP contribution < -0.4 is 14.4 Å². The van der Waals surface area contributed by atoms with Gasteiger partial charge in [0, 0.05) is 24.4 Å². The molecular weight excluding hydrogens is 292 g/mol. The van der Waals surface area contributed by atoms with Crippen molar-refractivity contribution in [2.75, 3.05) is 25.2 Å². The number of fused-ring (bicyclic) bond motifs is 1. The number of methoxy groups -OCH3 is 1. The number of rotatable bonds is 3. The predicted octanol–water partition coefficient (Wildman–Crippen LogP) is 2.82. The molecular formula is C15H15F2N3O2. The Balaban J connectivity index is 1.88. The van der Waals surface area contributed by atoms with E-state index in [1.165, 1.54) is 12.3 Å². The SMILES string of the molecule is COc1ccc2c(c1)OCCN(c1nccc(C(F)F)n1)C2. The smallest absolute Gasteiger partial charge is 0.280 e. The first-order valence-corrected chi connectivity index (χ1v) is 6.83. The summed E-state index contributed by atoms with van der Waals surface area (Å²) in [6, 6.07) is 6.77. The van der Waals surface area contributed by atoms with Gasteiger partial charge in [-0.1, -0.05) is 0 Å². The van der Waals surface area contributed by atoms with Crippen molar-refractivity contribution in [3.05, 3.63) is 41.7 Å². The molecule has 0 saturated heterocycles. The van der Waals surface area contributed by atoms with Crippen molar-refractivity contribution < 1.29 is 18.3 Å². The standard InChI is InChI=1S/C15H15F2N3O2/c1-21-11-3-2-10-9-20(6-7-22-13(10)8-11)15-18-5-4-12(19-15)14(16)17/h2-5,8,14H,6-7,9H2,1H3. The number of halogens is 2. The van der Waals surface area contributed by atoms with Crippen LogP contribution in [0.1, 0.15) is 17.7 Å². The van der Waals surface area contributed by atoms with E-state index in [1.54, 1.807) is 7.11 Å². The second-order valence-electron chi connectivity index (χ2n) is 4.83. The topological polar surface area (TPSA) is 47.5 Å². The Labute approximate surface area is 126 Å². The van der Waals surface area contributed by atoms with Crippen molar-refractivity contribution in [1.82, 2.24) is 9.97 Å². The minimum atomic E-state index is -2.61. The molecule has 0 spiro atoms. The molecule has 0 aliphatic carbocycles. The highest BCUT2D eigenvalue weighted by Gasteiger charge is 2.19. The fourth-order valence-corrected chi connectivity index (χ4v) is 2.28. The highest BCUT2D eigenvalue weighted by molar-refractivity contribution is 5.44. The number of aromatic nitrogens is 2. The number of anilines is 1. The van der Waals surface area contributed by atoms with E-state index in [0.717, 1.165) is 11.3 Å². The molecule has 0 N–H and O–H groups in total. The van der Waals surface area contributed by atoms with Crippen LogP contribution in [0.15, 0.2) is 30.5 Å². The fraction of sp³-hybridized carbons (Fsp3) is 0.333. The van der Waals surface area contributed by atoms with Crippen molar-refractivity contribution in [2.24, 2.45) is 0 Å². The molecule has 1 aromatic carbocycles. The summed E-state index contributed by atoms with van der Waals surface area (Å²) in [6.45, 7) is 1.43. The monoisotopic (exact) mass is 307 g/mol. The third-order valence-corrected chi connectivity index (χ3v) is 3.43. The van der Waals surface area contributed by atoms with E-state index in [1.807, 2.05) is 23.1 Å². The highest BCUT2D eigenvalue weighted by atomic mass is 19.3. The maximum absolute atomic E-state index is 12.8. The van der Waals surface area contributed by atoms with Gasteiger partial charge in [0.25, 0.3) is 6.43 Å². The first kappa shape index (κ1) is 14.5. The summed E-state index contributed by atoms with van der Waals surface area (Å²) >= 11 is 0. The van der Waals surface area contributed by atoms with Crippen LogP contribution in [0.3, 0.4) is 0 Å². The van der Waals surface area contributed by atoms with Crippen LogP contribution in [0.2, 0.25) is 0 Å². The van der Waals surface area contributed by atoms with E-state index in [9.17, 15) is 8.78 Å². The molecule has 2 aromatic rings. The number of ether oxygens (including phenoxy) is 2. The summed E-state index contributed by atoms with van der Waals surface area (Å²) in [7, 11) is 1.59.